The molecule has 2 aromatic rings. The zero-order valence-corrected chi connectivity index (χ0v) is 12.5. The molecule has 0 bridgehead atoms. The number of hydrogen-bond donors (Lipinski definition) is 2. The number of anilines is 1. The number of ether oxygens (including phenoxy) is 1. The third kappa shape index (κ3) is 3.30. The molecular formula is C15H14BrNO3. The number of halogens is 1. The van der Waals surface area contributed by atoms with E-state index in [1.807, 2.05) is 24.3 Å². The van der Waals surface area contributed by atoms with Crippen LogP contribution in [0.5, 0.6) is 5.75 Å². The van der Waals surface area contributed by atoms with Crippen molar-refractivity contribution in [1.82, 2.24) is 0 Å². The van der Waals surface area contributed by atoms with Gasteiger partial charge in [-0.2, -0.15) is 0 Å². The second kappa shape index (κ2) is 6.43. The van der Waals surface area contributed by atoms with E-state index in [0.29, 0.717) is 12.1 Å². The standard InChI is InChI=1S/C15H14BrNO3/c1-20-14-7-6-11(8-13(14)16)17-9-10-4-2-3-5-12(10)15(18)19/h2-8,17H,9H2,1H3,(H,18,19). The molecule has 0 saturated heterocycles. The lowest BCUT2D eigenvalue weighted by Crippen LogP contribution is -2.07. The van der Waals surface area contributed by atoms with Gasteiger partial charge in [0.2, 0.25) is 0 Å². The van der Waals surface area contributed by atoms with Crippen LogP contribution >= 0.6 is 15.9 Å². The zero-order valence-electron chi connectivity index (χ0n) is 10.9. The smallest absolute Gasteiger partial charge is 0.336 e. The topological polar surface area (TPSA) is 58.6 Å². The predicted octanol–water partition coefficient (Wildman–Crippen LogP) is 3.77. The fraction of sp³-hybridized carbons (Fsp3) is 0.133. The summed E-state index contributed by atoms with van der Waals surface area (Å²) in [5, 5.41) is 12.3. The summed E-state index contributed by atoms with van der Waals surface area (Å²) in [5.41, 5.74) is 1.94. The molecule has 0 aliphatic carbocycles. The van der Waals surface area contributed by atoms with Gasteiger partial charge in [-0.25, -0.2) is 4.79 Å². The molecule has 0 saturated carbocycles. The Balaban J connectivity index is 2.13. The molecule has 20 heavy (non-hydrogen) atoms. The van der Waals surface area contributed by atoms with E-state index in [0.717, 1.165) is 21.5 Å². The maximum absolute atomic E-state index is 11.1. The first-order chi connectivity index (χ1) is 9.61. The van der Waals surface area contributed by atoms with Crippen molar-refractivity contribution in [3.05, 3.63) is 58.1 Å². The molecule has 0 aromatic heterocycles. The van der Waals surface area contributed by atoms with Crippen LogP contribution in [-0.4, -0.2) is 18.2 Å². The third-order valence-corrected chi connectivity index (χ3v) is 3.50. The molecule has 0 fully saturated rings. The molecule has 2 N–H and O–H groups in total. The minimum absolute atomic E-state index is 0.313. The second-order valence-corrected chi connectivity index (χ2v) is 5.02. The van der Waals surface area contributed by atoms with E-state index in [-0.39, 0.29) is 0 Å². The molecule has 0 amide bonds. The van der Waals surface area contributed by atoms with Crippen LogP contribution in [0.2, 0.25) is 0 Å². The average molecular weight is 336 g/mol. The van der Waals surface area contributed by atoms with Gasteiger partial charge in [-0.1, -0.05) is 18.2 Å². The fourth-order valence-corrected chi connectivity index (χ4v) is 2.40. The molecule has 0 heterocycles. The van der Waals surface area contributed by atoms with Gasteiger partial charge in [-0.3, -0.25) is 0 Å². The molecule has 4 nitrogen and oxygen atoms in total. The first kappa shape index (κ1) is 14.4. The fourth-order valence-electron chi connectivity index (χ4n) is 1.86. The number of benzene rings is 2. The Morgan fingerprint density at radius 2 is 2.05 bits per heavy atom. The number of nitrogens with one attached hydrogen (secondary N) is 1. The van der Waals surface area contributed by atoms with Crippen molar-refractivity contribution in [2.24, 2.45) is 0 Å². The highest BCUT2D eigenvalue weighted by molar-refractivity contribution is 9.10. The lowest BCUT2D eigenvalue weighted by atomic mass is 10.1. The van der Waals surface area contributed by atoms with Gasteiger partial charge < -0.3 is 15.2 Å². The predicted molar refractivity (Wildman–Crippen MR) is 81.4 cm³/mol. The van der Waals surface area contributed by atoms with Crippen LogP contribution in [-0.2, 0) is 6.54 Å². The molecule has 0 atom stereocenters. The van der Waals surface area contributed by atoms with Crippen LogP contribution in [0, 0.1) is 0 Å². The van der Waals surface area contributed by atoms with E-state index < -0.39 is 5.97 Å². The van der Waals surface area contributed by atoms with Crippen LogP contribution in [0.1, 0.15) is 15.9 Å². The van der Waals surface area contributed by atoms with Crippen molar-refractivity contribution >= 4 is 27.6 Å². The van der Waals surface area contributed by atoms with Gasteiger partial charge in [-0.15, -0.1) is 0 Å². The molecule has 0 spiro atoms. The summed E-state index contributed by atoms with van der Waals surface area (Å²) in [4.78, 5) is 11.1. The number of hydrogen-bond acceptors (Lipinski definition) is 3. The molecule has 2 rings (SSSR count). The molecule has 0 radical (unpaired) electrons. The van der Waals surface area contributed by atoms with E-state index in [2.05, 4.69) is 21.2 Å². The van der Waals surface area contributed by atoms with Crippen LogP contribution in [0.15, 0.2) is 46.9 Å². The van der Waals surface area contributed by atoms with E-state index >= 15 is 0 Å². The van der Waals surface area contributed by atoms with Crippen molar-refractivity contribution < 1.29 is 14.6 Å². The van der Waals surface area contributed by atoms with Crippen molar-refractivity contribution in [2.75, 3.05) is 12.4 Å². The lowest BCUT2D eigenvalue weighted by molar-refractivity contribution is 0.0696. The molecule has 0 aliphatic heterocycles. The van der Waals surface area contributed by atoms with Crippen LogP contribution in [0.4, 0.5) is 5.69 Å². The van der Waals surface area contributed by atoms with Crippen LogP contribution < -0.4 is 10.1 Å². The maximum atomic E-state index is 11.1. The molecule has 2 aromatic carbocycles. The van der Waals surface area contributed by atoms with Gasteiger partial charge in [-0.05, 0) is 45.8 Å². The van der Waals surface area contributed by atoms with Crippen molar-refractivity contribution in [3.63, 3.8) is 0 Å². The van der Waals surface area contributed by atoms with Gasteiger partial charge >= 0.3 is 5.97 Å². The normalized spacial score (nSPS) is 10.1. The average Bonchev–Trinajstić information content (AvgIpc) is 2.45. The van der Waals surface area contributed by atoms with Crippen LogP contribution in [0.3, 0.4) is 0 Å². The van der Waals surface area contributed by atoms with E-state index in [1.165, 1.54) is 0 Å². The number of rotatable bonds is 5. The van der Waals surface area contributed by atoms with E-state index in [4.69, 9.17) is 9.84 Å². The zero-order chi connectivity index (χ0) is 14.5. The van der Waals surface area contributed by atoms with Crippen molar-refractivity contribution in [1.29, 1.82) is 0 Å². The number of carboxylic acids is 1. The SMILES string of the molecule is COc1ccc(NCc2ccccc2C(=O)O)cc1Br. The van der Waals surface area contributed by atoms with Crippen LogP contribution in [0.25, 0.3) is 0 Å². The first-order valence-corrected chi connectivity index (χ1v) is 6.79. The highest BCUT2D eigenvalue weighted by atomic mass is 79.9. The van der Waals surface area contributed by atoms with Crippen molar-refractivity contribution in [2.45, 2.75) is 6.54 Å². The Labute approximate surface area is 125 Å². The largest absolute Gasteiger partial charge is 0.496 e. The molecule has 104 valence electrons. The number of methoxy groups -OCH3 is 1. The Kier molecular flexibility index (Phi) is 4.63. The summed E-state index contributed by atoms with van der Waals surface area (Å²) in [5.74, 6) is -0.167. The summed E-state index contributed by atoms with van der Waals surface area (Å²) < 4.78 is 6.00. The summed E-state index contributed by atoms with van der Waals surface area (Å²) in [6.45, 7) is 0.446. The van der Waals surface area contributed by atoms with Crippen molar-refractivity contribution in [3.8, 4) is 5.75 Å². The summed E-state index contributed by atoms with van der Waals surface area (Å²) in [6.07, 6.45) is 0. The Hall–Kier alpha value is -2.01. The third-order valence-electron chi connectivity index (χ3n) is 2.88. The number of carboxylic acid groups (broad SMARTS) is 1. The maximum Gasteiger partial charge on any atom is 0.336 e. The van der Waals surface area contributed by atoms with E-state index in [1.54, 1.807) is 25.3 Å². The quantitative estimate of drug-likeness (QED) is 0.873. The monoisotopic (exact) mass is 335 g/mol. The minimum atomic E-state index is -0.918. The highest BCUT2D eigenvalue weighted by Gasteiger charge is 2.08. The Bertz CT molecular complexity index is 628. The highest BCUT2D eigenvalue weighted by Crippen LogP contribution is 2.28. The Morgan fingerprint density at radius 1 is 1.30 bits per heavy atom. The summed E-state index contributed by atoms with van der Waals surface area (Å²) >= 11 is 3.41. The van der Waals surface area contributed by atoms with E-state index in [9.17, 15) is 4.79 Å². The molecule has 5 heteroatoms. The van der Waals surface area contributed by atoms with Gasteiger partial charge in [0.15, 0.2) is 0 Å². The Morgan fingerprint density at radius 3 is 2.70 bits per heavy atom. The van der Waals surface area contributed by atoms with Gasteiger partial charge in [0, 0.05) is 12.2 Å². The molecular weight excluding hydrogens is 322 g/mol. The van der Waals surface area contributed by atoms with Gasteiger partial charge in [0.25, 0.3) is 0 Å². The number of carbonyl (C=O) groups is 1. The molecule has 0 unspecified atom stereocenters. The molecule has 0 aliphatic rings. The summed E-state index contributed by atoms with van der Waals surface area (Å²) in [6, 6.07) is 12.6. The van der Waals surface area contributed by atoms with Gasteiger partial charge in [0.1, 0.15) is 5.75 Å². The summed E-state index contributed by atoms with van der Waals surface area (Å²) in [7, 11) is 1.61. The first-order valence-electron chi connectivity index (χ1n) is 6.00. The lowest BCUT2D eigenvalue weighted by Gasteiger charge is -2.10. The van der Waals surface area contributed by atoms with Gasteiger partial charge in [0.05, 0.1) is 17.1 Å². The minimum Gasteiger partial charge on any atom is -0.496 e. The second-order valence-electron chi connectivity index (χ2n) is 4.17. The number of aromatic carboxylic acids is 1.